The molecule has 11 nitrogen and oxygen atoms in total. The van der Waals surface area contributed by atoms with Crippen LogP contribution in [0.3, 0.4) is 0 Å². The van der Waals surface area contributed by atoms with Gasteiger partial charge in [-0.05, 0) is 110 Å². The largest absolute Gasteiger partial charge is 0.480 e. The maximum absolute atomic E-state index is 11.3. The van der Waals surface area contributed by atoms with Gasteiger partial charge in [0.1, 0.15) is 35.9 Å². The number of aliphatic hydroxyl groups is 3. The van der Waals surface area contributed by atoms with Gasteiger partial charge in [-0.3, -0.25) is 4.79 Å². The molecule has 14 heteroatoms. The van der Waals surface area contributed by atoms with Crippen LogP contribution >= 0.6 is 67.8 Å². The van der Waals surface area contributed by atoms with E-state index in [1.165, 1.54) is 6.07 Å². The van der Waals surface area contributed by atoms with Gasteiger partial charge >= 0.3 is 11.9 Å². The first-order valence-electron chi connectivity index (χ1n) is 9.92. The monoisotopic (exact) mass is 827 g/mol. The van der Waals surface area contributed by atoms with Crippen LogP contribution in [0.2, 0.25) is 0 Å². The molecule has 0 aliphatic carbocycles. The molecule has 35 heavy (non-hydrogen) atoms. The van der Waals surface area contributed by atoms with Crippen molar-refractivity contribution < 1.29 is 49.3 Å². The number of aliphatic hydroxyl groups excluding tert-OH is 3. The second-order valence-electron chi connectivity index (χ2n) is 7.58. The Labute approximate surface area is 240 Å². The van der Waals surface area contributed by atoms with Gasteiger partial charge in [0, 0.05) is 0 Å². The third-order valence-electron chi connectivity index (χ3n) is 5.01. The maximum Gasteiger partial charge on any atom is 0.335 e. The molecule has 0 saturated carbocycles. The first kappa shape index (κ1) is 28.5. The zero-order valence-corrected chi connectivity index (χ0v) is 24.0. The minimum Gasteiger partial charge on any atom is -0.480 e. The molecule has 2 aromatic carbocycles. The van der Waals surface area contributed by atoms with E-state index in [2.05, 4.69) is 45.2 Å². The molecule has 1 fully saturated rings. The summed E-state index contributed by atoms with van der Waals surface area (Å²) in [6.07, 6.45) is -8.38. The SMILES string of the molecule is NC(Cc1cc(I)c(Oc2ccc(OC3OC(C(=O)O)C(O)C(O)C3O)c(I)c2)c(I)c1)C(=O)O. The number of benzene rings is 2. The Balaban J connectivity index is 1.75. The summed E-state index contributed by atoms with van der Waals surface area (Å²) in [4.78, 5) is 22.3. The van der Waals surface area contributed by atoms with Gasteiger partial charge < -0.3 is 45.5 Å². The third kappa shape index (κ3) is 6.84. The summed E-state index contributed by atoms with van der Waals surface area (Å²) < 4.78 is 18.8. The maximum atomic E-state index is 11.3. The van der Waals surface area contributed by atoms with E-state index in [0.717, 1.165) is 12.7 Å². The Hall–Kier alpha value is -1.03. The van der Waals surface area contributed by atoms with Gasteiger partial charge in [0.25, 0.3) is 0 Å². The van der Waals surface area contributed by atoms with Crippen molar-refractivity contribution in [1.82, 2.24) is 0 Å². The highest BCUT2D eigenvalue weighted by atomic mass is 127. The number of hydrogen-bond donors (Lipinski definition) is 6. The van der Waals surface area contributed by atoms with Crippen LogP contribution in [0.25, 0.3) is 0 Å². The number of halogens is 3. The molecule has 2 aromatic rings. The molecule has 1 aliphatic heterocycles. The van der Waals surface area contributed by atoms with Crippen molar-refractivity contribution in [1.29, 1.82) is 0 Å². The summed E-state index contributed by atoms with van der Waals surface area (Å²) in [6.45, 7) is 0. The van der Waals surface area contributed by atoms with Gasteiger partial charge in [-0.2, -0.15) is 0 Å². The van der Waals surface area contributed by atoms with Crippen LogP contribution < -0.4 is 15.2 Å². The Morgan fingerprint density at radius 3 is 2.14 bits per heavy atom. The highest BCUT2D eigenvalue weighted by molar-refractivity contribution is 14.1. The van der Waals surface area contributed by atoms with Gasteiger partial charge in [0.15, 0.2) is 11.9 Å². The molecule has 0 bridgehead atoms. The van der Waals surface area contributed by atoms with Gasteiger partial charge in [0.05, 0.1) is 10.7 Å². The normalized spacial score (nSPS) is 25.1. The predicted molar refractivity (Wildman–Crippen MR) is 145 cm³/mol. The molecule has 6 atom stereocenters. The van der Waals surface area contributed by atoms with E-state index in [4.69, 9.17) is 25.1 Å². The molecular formula is C21H20I3NO10. The summed E-state index contributed by atoms with van der Waals surface area (Å²) in [6, 6.07) is 7.34. The first-order valence-corrected chi connectivity index (χ1v) is 13.2. The number of ether oxygens (including phenoxy) is 3. The summed E-state index contributed by atoms with van der Waals surface area (Å²) in [5.74, 6) is -1.33. The van der Waals surface area contributed by atoms with E-state index in [0.29, 0.717) is 15.1 Å². The van der Waals surface area contributed by atoms with E-state index in [-0.39, 0.29) is 12.2 Å². The van der Waals surface area contributed by atoms with Crippen molar-refractivity contribution >= 4 is 79.7 Å². The topological polar surface area (TPSA) is 189 Å². The Kier molecular flexibility index (Phi) is 9.79. The molecule has 0 radical (unpaired) electrons. The lowest BCUT2D eigenvalue weighted by Crippen LogP contribution is -2.61. The number of nitrogens with two attached hydrogens (primary N) is 1. The molecular weight excluding hydrogens is 807 g/mol. The molecule has 0 aromatic heterocycles. The van der Waals surface area contributed by atoms with Gasteiger partial charge in [0.2, 0.25) is 6.29 Å². The number of rotatable bonds is 8. The Morgan fingerprint density at radius 1 is 0.971 bits per heavy atom. The van der Waals surface area contributed by atoms with E-state index in [1.807, 2.05) is 22.6 Å². The first-order chi connectivity index (χ1) is 16.4. The zero-order chi connectivity index (χ0) is 26.0. The Morgan fingerprint density at radius 2 is 1.60 bits per heavy atom. The average Bonchev–Trinajstić information content (AvgIpc) is 2.77. The van der Waals surface area contributed by atoms with Crippen LogP contribution in [0.15, 0.2) is 30.3 Å². The van der Waals surface area contributed by atoms with E-state index in [1.54, 1.807) is 24.3 Å². The van der Waals surface area contributed by atoms with Gasteiger partial charge in [-0.1, -0.05) is 0 Å². The zero-order valence-electron chi connectivity index (χ0n) is 17.5. The van der Waals surface area contributed by atoms with Crippen LogP contribution in [0, 0.1) is 10.7 Å². The molecule has 6 unspecified atom stereocenters. The van der Waals surface area contributed by atoms with Gasteiger partial charge in [-0.25, -0.2) is 4.79 Å². The lowest BCUT2D eigenvalue weighted by atomic mass is 9.99. The Bertz CT molecular complexity index is 1090. The number of carbonyl (C=O) groups is 2. The molecule has 1 heterocycles. The summed E-state index contributed by atoms with van der Waals surface area (Å²) in [7, 11) is 0. The molecule has 190 valence electrons. The van der Waals surface area contributed by atoms with Crippen molar-refractivity contribution in [2.75, 3.05) is 0 Å². The lowest BCUT2D eigenvalue weighted by Gasteiger charge is -2.38. The smallest absolute Gasteiger partial charge is 0.335 e. The lowest BCUT2D eigenvalue weighted by molar-refractivity contribution is -0.271. The fraction of sp³-hybridized carbons (Fsp3) is 0.333. The van der Waals surface area contributed by atoms with Crippen LogP contribution in [-0.2, 0) is 20.7 Å². The third-order valence-corrected chi connectivity index (χ3v) is 7.46. The molecule has 0 amide bonds. The highest BCUT2D eigenvalue weighted by Gasteiger charge is 2.48. The van der Waals surface area contributed by atoms with Crippen LogP contribution in [0.5, 0.6) is 17.2 Å². The van der Waals surface area contributed by atoms with Crippen LogP contribution in [0.1, 0.15) is 5.56 Å². The number of carboxylic acid groups (broad SMARTS) is 2. The summed E-state index contributed by atoms with van der Waals surface area (Å²) in [5, 5.41) is 48.1. The van der Waals surface area contributed by atoms with Crippen molar-refractivity contribution in [2.45, 2.75) is 43.2 Å². The predicted octanol–water partition coefficient (Wildman–Crippen LogP) is 1.52. The molecule has 3 rings (SSSR count). The second-order valence-corrected chi connectivity index (χ2v) is 11.1. The van der Waals surface area contributed by atoms with Gasteiger partial charge in [-0.15, -0.1) is 0 Å². The summed E-state index contributed by atoms with van der Waals surface area (Å²) in [5.41, 5.74) is 6.39. The summed E-state index contributed by atoms with van der Waals surface area (Å²) >= 11 is 6.13. The molecule has 0 spiro atoms. The standard InChI is InChI=1S/C21H20I3NO10/c22-9-6-8(33-17-10(23)3-7(4-11(17)24)5-12(25)19(29)30)1-2-13(9)34-21-16(28)14(26)15(27)18(35-21)20(31)32/h1-4,6,12,14-16,18,21,26-28H,5,25H2,(H,29,30)(H,31,32). The minimum absolute atomic E-state index is 0.176. The van der Waals surface area contributed by atoms with E-state index in [9.17, 15) is 30.0 Å². The fourth-order valence-corrected chi connectivity index (χ4v) is 5.93. The van der Waals surface area contributed by atoms with Crippen molar-refractivity contribution in [3.05, 3.63) is 46.6 Å². The number of aliphatic carboxylic acids is 2. The highest BCUT2D eigenvalue weighted by Crippen LogP contribution is 2.36. The van der Waals surface area contributed by atoms with Crippen molar-refractivity contribution in [3.8, 4) is 17.2 Å². The number of hydrogen-bond acceptors (Lipinski definition) is 9. The van der Waals surface area contributed by atoms with E-state index >= 15 is 0 Å². The molecule has 1 aliphatic rings. The second kappa shape index (κ2) is 12.0. The molecule has 7 N–H and O–H groups in total. The average molecular weight is 827 g/mol. The van der Waals surface area contributed by atoms with Crippen molar-refractivity contribution in [3.63, 3.8) is 0 Å². The van der Waals surface area contributed by atoms with Crippen LogP contribution in [0.4, 0.5) is 0 Å². The number of carboxylic acids is 2. The van der Waals surface area contributed by atoms with Crippen molar-refractivity contribution in [2.24, 2.45) is 5.73 Å². The quantitative estimate of drug-likeness (QED) is 0.212. The van der Waals surface area contributed by atoms with E-state index < -0.39 is 48.7 Å². The minimum atomic E-state index is -1.81. The fourth-order valence-electron chi connectivity index (χ4n) is 3.20. The van der Waals surface area contributed by atoms with Crippen LogP contribution in [-0.4, -0.2) is 74.2 Å². The molecule has 1 saturated heterocycles.